The van der Waals surface area contributed by atoms with E-state index in [0.717, 1.165) is 53.8 Å². The van der Waals surface area contributed by atoms with Crippen LogP contribution in [0.4, 0.5) is 11.5 Å². The first kappa shape index (κ1) is 19.3. The van der Waals surface area contributed by atoms with Gasteiger partial charge in [0.25, 0.3) is 0 Å². The predicted molar refractivity (Wildman–Crippen MR) is 114 cm³/mol. The van der Waals surface area contributed by atoms with Crippen LogP contribution >= 0.6 is 11.6 Å². The van der Waals surface area contributed by atoms with Crippen molar-refractivity contribution < 1.29 is 0 Å². The van der Waals surface area contributed by atoms with Crippen LogP contribution < -0.4 is 5.32 Å². The molecule has 27 heavy (non-hydrogen) atoms. The van der Waals surface area contributed by atoms with Crippen LogP contribution in [-0.2, 0) is 6.54 Å². The average molecular weight is 381 g/mol. The van der Waals surface area contributed by atoms with E-state index in [9.17, 15) is 0 Å². The second-order valence-corrected chi connectivity index (χ2v) is 6.86. The number of benzene rings is 2. The Hall–Kier alpha value is -2.43. The molecule has 1 heterocycles. The molecule has 0 spiro atoms. The summed E-state index contributed by atoms with van der Waals surface area (Å²) in [7, 11) is 0. The number of hydrogen-bond donors (Lipinski definition) is 1. The number of rotatable bonds is 7. The first-order valence-corrected chi connectivity index (χ1v) is 9.66. The van der Waals surface area contributed by atoms with E-state index >= 15 is 0 Å². The van der Waals surface area contributed by atoms with Crippen LogP contribution in [0.15, 0.2) is 54.6 Å². The van der Waals surface area contributed by atoms with Crippen molar-refractivity contribution in [2.75, 3.05) is 18.4 Å². The summed E-state index contributed by atoms with van der Waals surface area (Å²) in [6.45, 7) is 9.17. The standard InChI is InChI=1S/C22H25ClN4/c1-4-27(5-2)15-20-16(3)24-21(17-9-7-6-8-10-17)26-22(20)25-19-13-11-18(23)12-14-19/h6-14H,4-5,15H2,1-3H3,(H,24,25,26). The van der Waals surface area contributed by atoms with Crippen molar-refractivity contribution in [1.82, 2.24) is 14.9 Å². The fourth-order valence-electron chi connectivity index (χ4n) is 2.95. The van der Waals surface area contributed by atoms with E-state index in [1.54, 1.807) is 0 Å². The van der Waals surface area contributed by atoms with E-state index in [0.29, 0.717) is 5.02 Å². The van der Waals surface area contributed by atoms with Crippen LogP contribution in [0.1, 0.15) is 25.1 Å². The Bertz CT molecular complexity index is 875. The number of nitrogens with one attached hydrogen (secondary N) is 1. The molecule has 0 aliphatic carbocycles. The van der Waals surface area contributed by atoms with Crippen molar-refractivity contribution in [3.63, 3.8) is 0 Å². The third-order valence-electron chi connectivity index (χ3n) is 4.63. The van der Waals surface area contributed by atoms with Crippen LogP contribution in [0.3, 0.4) is 0 Å². The Morgan fingerprint density at radius 2 is 1.59 bits per heavy atom. The van der Waals surface area contributed by atoms with Gasteiger partial charge in [0, 0.05) is 34.1 Å². The van der Waals surface area contributed by atoms with Gasteiger partial charge in [-0.1, -0.05) is 55.8 Å². The van der Waals surface area contributed by atoms with Gasteiger partial charge in [-0.15, -0.1) is 0 Å². The SMILES string of the molecule is CCN(CC)Cc1c(C)nc(-c2ccccc2)nc1Nc1ccc(Cl)cc1. The number of hydrogen-bond acceptors (Lipinski definition) is 4. The van der Waals surface area contributed by atoms with Crippen LogP contribution in [-0.4, -0.2) is 28.0 Å². The number of nitrogens with zero attached hydrogens (tertiary/aromatic N) is 3. The smallest absolute Gasteiger partial charge is 0.161 e. The Morgan fingerprint density at radius 3 is 2.22 bits per heavy atom. The summed E-state index contributed by atoms with van der Waals surface area (Å²) in [4.78, 5) is 12.0. The van der Waals surface area contributed by atoms with Crippen molar-refractivity contribution >= 4 is 23.1 Å². The molecule has 140 valence electrons. The summed E-state index contributed by atoms with van der Waals surface area (Å²) < 4.78 is 0. The Labute approximate surface area is 166 Å². The highest BCUT2D eigenvalue weighted by Crippen LogP contribution is 2.27. The van der Waals surface area contributed by atoms with Gasteiger partial charge >= 0.3 is 0 Å². The summed E-state index contributed by atoms with van der Waals surface area (Å²) >= 11 is 6.02. The molecule has 0 aliphatic rings. The number of anilines is 2. The molecular formula is C22H25ClN4. The third kappa shape index (κ3) is 4.85. The quantitative estimate of drug-likeness (QED) is 0.571. The maximum Gasteiger partial charge on any atom is 0.161 e. The molecule has 2 aromatic carbocycles. The Morgan fingerprint density at radius 1 is 0.926 bits per heavy atom. The highest BCUT2D eigenvalue weighted by Gasteiger charge is 2.15. The maximum absolute atomic E-state index is 6.02. The molecule has 4 nitrogen and oxygen atoms in total. The van der Waals surface area contributed by atoms with Crippen molar-refractivity contribution in [3.05, 3.63) is 70.9 Å². The van der Waals surface area contributed by atoms with Gasteiger partial charge in [-0.05, 0) is 44.3 Å². The van der Waals surface area contributed by atoms with E-state index in [4.69, 9.17) is 21.6 Å². The zero-order valence-corrected chi connectivity index (χ0v) is 16.8. The first-order valence-electron chi connectivity index (χ1n) is 9.28. The largest absolute Gasteiger partial charge is 0.340 e. The Kier molecular flexibility index (Phi) is 6.43. The third-order valence-corrected chi connectivity index (χ3v) is 4.88. The molecular weight excluding hydrogens is 356 g/mol. The fraction of sp³-hybridized carbons (Fsp3) is 0.273. The van der Waals surface area contributed by atoms with E-state index in [1.807, 2.05) is 54.6 Å². The Balaban J connectivity index is 2.04. The van der Waals surface area contributed by atoms with Gasteiger partial charge in [-0.3, -0.25) is 4.90 Å². The van der Waals surface area contributed by atoms with E-state index in [1.165, 1.54) is 0 Å². The molecule has 0 unspecified atom stereocenters. The topological polar surface area (TPSA) is 41.1 Å². The first-order chi connectivity index (χ1) is 13.1. The van der Waals surface area contributed by atoms with Crippen molar-refractivity contribution in [2.45, 2.75) is 27.3 Å². The zero-order chi connectivity index (χ0) is 19.2. The molecule has 0 saturated heterocycles. The number of aryl methyl sites for hydroxylation is 1. The lowest BCUT2D eigenvalue weighted by atomic mass is 10.1. The molecule has 0 atom stereocenters. The van der Waals surface area contributed by atoms with Gasteiger partial charge < -0.3 is 5.32 Å². The molecule has 0 aliphatic heterocycles. The van der Waals surface area contributed by atoms with Gasteiger partial charge in [0.05, 0.1) is 0 Å². The minimum absolute atomic E-state index is 0.716. The molecule has 0 bridgehead atoms. The van der Waals surface area contributed by atoms with Crippen molar-refractivity contribution in [3.8, 4) is 11.4 Å². The fourth-order valence-corrected chi connectivity index (χ4v) is 3.07. The molecule has 0 amide bonds. The molecule has 0 radical (unpaired) electrons. The molecule has 1 N–H and O–H groups in total. The zero-order valence-electron chi connectivity index (χ0n) is 16.0. The van der Waals surface area contributed by atoms with Crippen LogP contribution in [0.2, 0.25) is 5.02 Å². The molecule has 5 heteroatoms. The summed E-state index contributed by atoms with van der Waals surface area (Å²) in [5.74, 6) is 1.57. The highest BCUT2D eigenvalue weighted by molar-refractivity contribution is 6.30. The molecule has 0 fully saturated rings. The summed E-state index contributed by atoms with van der Waals surface area (Å²) in [5.41, 5.74) is 4.08. The molecule has 3 rings (SSSR count). The molecule has 0 saturated carbocycles. The maximum atomic E-state index is 6.02. The number of aromatic nitrogens is 2. The summed E-state index contributed by atoms with van der Waals surface area (Å²) in [6, 6.07) is 17.7. The summed E-state index contributed by atoms with van der Waals surface area (Å²) in [5, 5.41) is 4.18. The van der Waals surface area contributed by atoms with Crippen molar-refractivity contribution in [1.29, 1.82) is 0 Å². The molecule has 3 aromatic rings. The van der Waals surface area contributed by atoms with Gasteiger partial charge in [0.2, 0.25) is 0 Å². The summed E-state index contributed by atoms with van der Waals surface area (Å²) in [6.07, 6.45) is 0. The van der Waals surface area contributed by atoms with Crippen molar-refractivity contribution in [2.24, 2.45) is 0 Å². The van der Waals surface area contributed by atoms with Crippen LogP contribution in [0, 0.1) is 6.92 Å². The number of halogens is 1. The second-order valence-electron chi connectivity index (χ2n) is 6.42. The lowest BCUT2D eigenvalue weighted by Gasteiger charge is -2.22. The average Bonchev–Trinajstić information content (AvgIpc) is 2.70. The van der Waals surface area contributed by atoms with Gasteiger partial charge in [-0.25, -0.2) is 9.97 Å². The van der Waals surface area contributed by atoms with Gasteiger partial charge in [0.15, 0.2) is 5.82 Å². The minimum Gasteiger partial charge on any atom is -0.340 e. The van der Waals surface area contributed by atoms with Gasteiger partial charge in [0.1, 0.15) is 5.82 Å². The van der Waals surface area contributed by atoms with Gasteiger partial charge in [-0.2, -0.15) is 0 Å². The second kappa shape index (κ2) is 8.98. The van der Waals surface area contributed by atoms with E-state index in [-0.39, 0.29) is 0 Å². The van der Waals surface area contributed by atoms with E-state index in [2.05, 4.69) is 31.0 Å². The van der Waals surface area contributed by atoms with Crippen LogP contribution in [0.25, 0.3) is 11.4 Å². The normalized spacial score (nSPS) is 11.0. The van der Waals surface area contributed by atoms with E-state index < -0.39 is 0 Å². The van der Waals surface area contributed by atoms with Crippen LogP contribution in [0.5, 0.6) is 0 Å². The highest BCUT2D eigenvalue weighted by atomic mass is 35.5. The molecule has 1 aromatic heterocycles. The lowest BCUT2D eigenvalue weighted by Crippen LogP contribution is -2.24. The lowest BCUT2D eigenvalue weighted by molar-refractivity contribution is 0.295. The minimum atomic E-state index is 0.716. The monoisotopic (exact) mass is 380 g/mol. The predicted octanol–water partition coefficient (Wildman–Crippen LogP) is 5.69.